The second kappa shape index (κ2) is 5.65. The number of piperidine rings is 1. The van der Waals surface area contributed by atoms with Crippen LogP contribution in [0.2, 0.25) is 0 Å². The molecule has 1 saturated carbocycles. The van der Waals surface area contributed by atoms with Gasteiger partial charge in [-0.2, -0.15) is 0 Å². The predicted molar refractivity (Wildman–Crippen MR) is 78.6 cm³/mol. The summed E-state index contributed by atoms with van der Waals surface area (Å²) in [5.74, 6) is 0.985. The lowest BCUT2D eigenvalue weighted by Gasteiger charge is -2.32. The predicted octanol–water partition coefficient (Wildman–Crippen LogP) is 3.52. The molecule has 1 aromatic rings. The van der Waals surface area contributed by atoms with E-state index in [0.29, 0.717) is 6.04 Å². The lowest BCUT2D eigenvalue weighted by Crippen LogP contribution is -2.43. The molecule has 1 aliphatic carbocycles. The zero-order valence-corrected chi connectivity index (χ0v) is 13.5. The first-order valence-electron chi connectivity index (χ1n) is 6.63. The van der Waals surface area contributed by atoms with E-state index in [0.717, 1.165) is 27.5 Å². The molecule has 0 amide bonds. The molecule has 1 N–H and O–H groups in total. The minimum absolute atomic E-state index is 0.641. The van der Waals surface area contributed by atoms with Crippen molar-refractivity contribution in [2.75, 3.05) is 13.1 Å². The third-order valence-electron chi connectivity index (χ3n) is 3.85. The average Bonchev–Trinajstić information content (AvgIpc) is 3.16. The number of hydrogen-bond acceptors (Lipinski definition) is 3. The van der Waals surface area contributed by atoms with Gasteiger partial charge in [0.25, 0.3) is 0 Å². The molecule has 3 rings (SSSR count). The van der Waals surface area contributed by atoms with Gasteiger partial charge in [0.05, 0.1) is 11.0 Å². The van der Waals surface area contributed by atoms with Crippen LogP contribution in [0.25, 0.3) is 0 Å². The van der Waals surface area contributed by atoms with Crippen LogP contribution in [0.4, 0.5) is 0 Å². The monoisotopic (exact) mass is 376 g/mol. The summed E-state index contributed by atoms with van der Waals surface area (Å²) in [6, 6.07) is 3.58. The van der Waals surface area contributed by atoms with Crippen molar-refractivity contribution in [3.8, 4) is 0 Å². The van der Waals surface area contributed by atoms with Crippen LogP contribution in [0.15, 0.2) is 19.6 Å². The molecule has 2 aliphatic rings. The summed E-state index contributed by atoms with van der Waals surface area (Å²) in [5.41, 5.74) is 0. The van der Waals surface area contributed by atoms with Gasteiger partial charge in [0.15, 0.2) is 4.67 Å². The summed E-state index contributed by atoms with van der Waals surface area (Å²) in [4.78, 5) is 2.65. The first kappa shape index (κ1) is 13.2. The number of hydrogen-bond donors (Lipinski definition) is 1. The zero-order chi connectivity index (χ0) is 12.5. The largest absolute Gasteiger partial charge is 0.452 e. The van der Waals surface area contributed by atoms with E-state index in [4.69, 9.17) is 4.42 Å². The topological polar surface area (TPSA) is 28.4 Å². The molecule has 2 heterocycles. The van der Waals surface area contributed by atoms with Gasteiger partial charge in [-0.05, 0) is 76.7 Å². The zero-order valence-electron chi connectivity index (χ0n) is 10.3. The SMILES string of the molecule is Brc1cc(CNC2CCN(C3CC3)CC2)oc1Br. The van der Waals surface area contributed by atoms with Crippen molar-refractivity contribution in [3.63, 3.8) is 0 Å². The van der Waals surface area contributed by atoms with Crippen LogP contribution in [0.3, 0.4) is 0 Å². The molecule has 0 spiro atoms. The number of nitrogens with one attached hydrogen (secondary N) is 1. The van der Waals surface area contributed by atoms with Crippen LogP contribution in [-0.2, 0) is 6.54 Å². The van der Waals surface area contributed by atoms with Crippen LogP contribution in [0.5, 0.6) is 0 Å². The van der Waals surface area contributed by atoms with Gasteiger partial charge in [0.1, 0.15) is 5.76 Å². The minimum Gasteiger partial charge on any atom is -0.452 e. The lowest BCUT2D eigenvalue weighted by atomic mass is 10.0. The smallest absolute Gasteiger partial charge is 0.183 e. The van der Waals surface area contributed by atoms with Gasteiger partial charge in [-0.1, -0.05) is 0 Å². The second-order valence-corrected chi connectivity index (χ2v) is 6.83. The van der Waals surface area contributed by atoms with Gasteiger partial charge in [-0.15, -0.1) is 0 Å². The molecule has 0 aromatic carbocycles. The summed E-state index contributed by atoms with van der Waals surface area (Å²) in [6.45, 7) is 3.33. The first-order valence-corrected chi connectivity index (χ1v) is 8.22. The van der Waals surface area contributed by atoms with Crippen molar-refractivity contribution in [1.82, 2.24) is 10.2 Å². The Labute approximate surface area is 125 Å². The Morgan fingerprint density at radius 2 is 1.94 bits per heavy atom. The van der Waals surface area contributed by atoms with Crippen LogP contribution < -0.4 is 5.32 Å². The Bertz CT molecular complexity index is 390. The summed E-state index contributed by atoms with van der Waals surface area (Å²) in [6.07, 6.45) is 5.37. The van der Waals surface area contributed by atoms with Crippen molar-refractivity contribution in [3.05, 3.63) is 21.0 Å². The summed E-state index contributed by atoms with van der Waals surface area (Å²) in [7, 11) is 0. The maximum Gasteiger partial charge on any atom is 0.183 e. The van der Waals surface area contributed by atoms with E-state index < -0.39 is 0 Å². The lowest BCUT2D eigenvalue weighted by molar-refractivity contribution is 0.187. The van der Waals surface area contributed by atoms with E-state index in [1.165, 1.54) is 38.8 Å². The molecule has 1 aliphatic heterocycles. The minimum atomic E-state index is 0.641. The molecule has 100 valence electrons. The molecule has 3 nitrogen and oxygen atoms in total. The van der Waals surface area contributed by atoms with Crippen molar-refractivity contribution in [2.24, 2.45) is 0 Å². The highest BCUT2D eigenvalue weighted by molar-refractivity contribution is 9.13. The Morgan fingerprint density at radius 3 is 2.50 bits per heavy atom. The van der Waals surface area contributed by atoms with Gasteiger partial charge in [0, 0.05) is 12.1 Å². The highest BCUT2D eigenvalue weighted by Crippen LogP contribution is 2.30. The second-order valence-electron chi connectivity index (χ2n) is 5.26. The van der Waals surface area contributed by atoms with E-state index in [-0.39, 0.29) is 0 Å². The molecule has 1 saturated heterocycles. The van der Waals surface area contributed by atoms with E-state index >= 15 is 0 Å². The fraction of sp³-hybridized carbons (Fsp3) is 0.692. The molecule has 2 fully saturated rings. The average molecular weight is 378 g/mol. The highest BCUT2D eigenvalue weighted by Gasteiger charge is 2.31. The van der Waals surface area contributed by atoms with Crippen LogP contribution in [-0.4, -0.2) is 30.1 Å². The quantitative estimate of drug-likeness (QED) is 0.870. The summed E-state index contributed by atoms with van der Waals surface area (Å²) < 4.78 is 7.34. The van der Waals surface area contributed by atoms with Crippen molar-refractivity contribution >= 4 is 31.9 Å². The van der Waals surface area contributed by atoms with Crippen LogP contribution in [0, 0.1) is 0 Å². The Kier molecular flexibility index (Phi) is 4.13. The standard InChI is InChI=1S/C13H18Br2N2O/c14-12-7-11(18-13(12)15)8-16-9-3-5-17(6-4-9)10-1-2-10/h7,9-10,16H,1-6,8H2. The molecular formula is C13H18Br2N2O. The molecule has 5 heteroatoms. The molecule has 1 aromatic heterocycles. The van der Waals surface area contributed by atoms with Gasteiger partial charge < -0.3 is 14.6 Å². The summed E-state index contributed by atoms with van der Waals surface area (Å²) in [5, 5.41) is 3.60. The number of halogens is 2. The maximum absolute atomic E-state index is 5.57. The molecule has 0 atom stereocenters. The molecule has 0 bridgehead atoms. The number of nitrogens with zero attached hydrogens (tertiary/aromatic N) is 1. The molecule has 0 unspecified atom stereocenters. The number of rotatable bonds is 4. The highest BCUT2D eigenvalue weighted by atomic mass is 79.9. The van der Waals surface area contributed by atoms with Gasteiger partial charge in [0.2, 0.25) is 0 Å². The van der Waals surface area contributed by atoms with Crippen molar-refractivity contribution in [1.29, 1.82) is 0 Å². The van der Waals surface area contributed by atoms with Gasteiger partial charge >= 0.3 is 0 Å². The van der Waals surface area contributed by atoms with E-state index in [1.54, 1.807) is 0 Å². The van der Waals surface area contributed by atoms with Crippen molar-refractivity contribution < 1.29 is 4.42 Å². The third kappa shape index (κ3) is 3.18. The van der Waals surface area contributed by atoms with Gasteiger partial charge in [-0.25, -0.2) is 0 Å². The van der Waals surface area contributed by atoms with Gasteiger partial charge in [-0.3, -0.25) is 0 Å². The van der Waals surface area contributed by atoms with Crippen LogP contribution in [0.1, 0.15) is 31.4 Å². The molecular weight excluding hydrogens is 360 g/mol. The van der Waals surface area contributed by atoms with Crippen molar-refractivity contribution in [2.45, 2.75) is 44.3 Å². The summed E-state index contributed by atoms with van der Waals surface area (Å²) >= 11 is 6.80. The fourth-order valence-electron chi connectivity index (χ4n) is 2.63. The normalized spacial score (nSPS) is 22.6. The number of furan rings is 1. The fourth-order valence-corrected chi connectivity index (χ4v) is 3.29. The Balaban J connectivity index is 1.43. The third-order valence-corrected chi connectivity index (χ3v) is 5.56. The Hall–Kier alpha value is 0.160. The molecule has 18 heavy (non-hydrogen) atoms. The van der Waals surface area contributed by atoms with E-state index in [2.05, 4.69) is 42.1 Å². The van der Waals surface area contributed by atoms with Crippen LogP contribution >= 0.6 is 31.9 Å². The van der Waals surface area contributed by atoms with E-state index in [9.17, 15) is 0 Å². The molecule has 0 radical (unpaired) electrons. The maximum atomic E-state index is 5.57. The first-order chi connectivity index (χ1) is 8.72. The Morgan fingerprint density at radius 1 is 1.22 bits per heavy atom. The number of likely N-dealkylation sites (tertiary alicyclic amines) is 1. The van der Waals surface area contributed by atoms with E-state index in [1.807, 2.05) is 6.07 Å².